The molecule has 2 aliphatic heterocycles. The number of carbonyl (C=O) groups excluding carboxylic acids is 1. The monoisotopic (exact) mass is 771 g/mol. The summed E-state index contributed by atoms with van der Waals surface area (Å²) in [5.41, 5.74) is 0.689. The maximum absolute atomic E-state index is 13.8. The second-order valence-electron chi connectivity index (χ2n) is 13.0. The number of H-pyrrole nitrogens is 1. The van der Waals surface area contributed by atoms with Gasteiger partial charge in [-0.3, -0.25) is 18.7 Å². The molecule has 21 heteroatoms. The number of benzene rings is 1. The van der Waals surface area contributed by atoms with Crippen molar-refractivity contribution < 1.29 is 47.0 Å². The molecule has 2 aliphatic rings. The Kier molecular flexibility index (Phi) is 10.4. The number of aliphatic hydroxyl groups excluding tert-OH is 1. The number of ether oxygens (including phenoxy) is 2. The van der Waals surface area contributed by atoms with Gasteiger partial charge in [-0.2, -0.15) is 0 Å². The molecule has 5 aromatic rings. The van der Waals surface area contributed by atoms with Crippen molar-refractivity contribution in [1.29, 1.82) is 0 Å². The first-order chi connectivity index (χ1) is 25.3. The molecule has 0 bridgehead atoms. The lowest BCUT2D eigenvalue weighted by atomic mass is 10.0. The highest BCUT2D eigenvalue weighted by Gasteiger charge is 2.50. The van der Waals surface area contributed by atoms with Gasteiger partial charge in [0.1, 0.15) is 42.1 Å². The number of rotatable bonds is 12. The first-order valence-electron chi connectivity index (χ1n) is 16.6. The Hall–Kier alpha value is -4.29. The number of hydrogen-bond donors (Lipinski definition) is 4. The van der Waals surface area contributed by atoms with Crippen molar-refractivity contribution >= 4 is 49.8 Å². The summed E-state index contributed by atoms with van der Waals surface area (Å²) in [5.74, 6) is -0.753. The van der Waals surface area contributed by atoms with Crippen LogP contribution in [0.5, 0.6) is 0 Å². The quantitative estimate of drug-likeness (QED) is 0.133. The van der Waals surface area contributed by atoms with E-state index in [-0.39, 0.29) is 23.7 Å². The average molecular weight is 772 g/mol. The number of anilines is 1. The van der Waals surface area contributed by atoms with Gasteiger partial charge in [0.2, 0.25) is 0 Å². The number of aryl methyl sites for hydroxylation is 1. The second-order valence-corrected chi connectivity index (χ2v) is 15.7. The molecule has 0 aliphatic carbocycles. The van der Waals surface area contributed by atoms with E-state index in [9.17, 15) is 28.7 Å². The van der Waals surface area contributed by atoms with Crippen molar-refractivity contribution in [2.75, 3.05) is 25.2 Å². The molecule has 19 nitrogen and oxygen atoms in total. The summed E-state index contributed by atoms with van der Waals surface area (Å²) in [5, 5.41) is 13.6. The van der Waals surface area contributed by atoms with Crippen LogP contribution in [0.3, 0.4) is 0 Å². The van der Waals surface area contributed by atoms with Crippen LogP contribution in [0.1, 0.15) is 42.5 Å². The molecule has 10 atom stereocenters. The van der Waals surface area contributed by atoms with E-state index < -0.39 is 76.7 Å². The number of aromatic amines is 1. The molecule has 2 saturated heterocycles. The minimum absolute atomic E-state index is 0.0467. The lowest BCUT2D eigenvalue weighted by Crippen LogP contribution is -2.31. The van der Waals surface area contributed by atoms with Gasteiger partial charge in [-0.15, -0.1) is 9.42 Å². The number of nitrogens with zero attached hydrogens (tertiary/aromatic N) is 6. The molecule has 0 radical (unpaired) electrons. The van der Waals surface area contributed by atoms with Crippen molar-refractivity contribution in [1.82, 2.24) is 34.1 Å². The summed E-state index contributed by atoms with van der Waals surface area (Å²) in [6.07, 6.45) is -0.945. The van der Waals surface area contributed by atoms with Crippen LogP contribution >= 0.6 is 15.9 Å². The number of fused-ring (bicyclic) bond motifs is 2. The van der Waals surface area contributed by atoms with Gasteiger partial charge in [-0.25, -0.2) is 19.9 Å². The zero-order valence-corrected chi connectivity index (χ0v) is 30.7. The fourth-order valence-corrected chi connectivity index (χ4v) is 8.51. The number of nitrogens with one attached hydrogen (secondary N) is 2. The van der Waals surface area contributed by atoms with E-state index in [1.165, 1.54) is 23.9 Å². The van der Waals surface area contributed by atoms with Gasteiger partial charge in [-0.05, 0) is 25.1 Å². The lowest BCUT2D eigenvalue weighted by Gasteiger charge is -2.26. The van der Waals surface area contributed by atoms with Crippen molar-refractivity contribution in [3.8, 4) is 0 Å². The maximum Gasteiger partial charge on any atom is 0.695 e. The van der Waals surface area contributed by atoms with E-state index in [2.05, 4.69) is 30.2 Å². The molecule has 1 aromatic carbocycles. The molecular weight excluding hydrogens is 734 g/mol. The molecule has 7 rings (SSSR count). The highest BCUT2D eigenvalue weighted by atomic mass is 31.2. The third-order valence-electron chi connectivity index (χ3n) is 9.40. The Bertz CT molecular complexity index is 2270. The molecule has 6 heterocycles. The highest BCUT2D eigenvalue weighted by molar-refractivity contribution is 7.53. The summed E-state index contributed by atoms with van der Waals surface area (Å²) < 4.78 is 58.5. The molecule has 1 amide bonds. The molecule has 0 saturated carbocycles. The van der Waals surface area contributed by atoms with Crippen molar-refractivity contribution in [3.05, 3.63) is 77.0 Å². The van der Waals surface area contributed by atoms with E-state index in [1.807, 2.05) is 13.0 Å². The molecule has 53 heavy (non-hydrogen) atoms. The number of hydrogen-bond acceptors (Lipinski definition) is 14. The number of imidazole rings is 1. The van der Waals surface area contributed by atoms with Crippen LogP contribution in [0.15, 0.2) is 60.0 Å². The molecule has 0 spiro atoms. The van der Waals surface area contributed by atoms with Crippen molar-refractivity contribution in [2.24, 2.45) is 11.8 Å². The fraction of sp³-hybridized carbons (Fsp3) is 0.438. The molecule has 4 aromatic heterocycles. The SMILES string of the molecule is Cc1nc2c(ncn2[C@@H]2O[C@H](COP(C)(=O)OC3[C@@H](CO)O[C@@H](n4ccc5c(NC(=O)c6ccccc6)ncnc54)[C@H]3C)C(C)[C@@H]2O[P+](=O)O)c(=O)[nH]1. The van der Waals surface area contributed by atoms with Crippen molar-refractivity contribution in [3.63, 3.8) is 0 Å². The van der Waals surface area contributed by atoms with Crippen LogP contribution in [0.25, 0.3) is 22.2 Å². The van der Waals surface area contributed by atoms with Crippen LogP contribution in [0.2, 0.25) is 0 Å². The maximum atomic E-state index is 13.8. The number of aromatic nitrogens is 7. The second kappa shape index (κ2) is 14.9. The summed E-state index contributed by atoms with van der Waals surface area (Å²) in [7, 11) is -6.92. The van der Waals surface area contributed by atoms with Gasteiger partial charge >= 0.3 is 15.9 Å². The van der Waals surface area contributed by atoms with Crippen molar-refractivity contribution in [2.45, 2.75) is 57.6 Å². The van der Waals surface area contributed by atoms with Gasteiger partial charge in [0, 0.05) is 34.8 Å². The van der Waals surface area contributed by atoms with Gasteiger partial charge < -0.3 is 38.5 Å². The zero-order valence-electron chi connectivity index (χ0n) is 28.9. The third-order valence-corrected chi connectivity index (χ3v) is 11.1. The van der Waals surface area contributed by atoms with Crippen LogP contribution < -0.4 is 10.9 Å². The average Bonchev–Trinajstić information content (AvgIpc) is 3.89. The third kappa shape index (κ3) is 7.32. The standard InChI is InChI=1S/C32H36N8O11P2/c1-16-22(49-32(25(16)50-52(44)45)40-15-35-23-28(40)36-18(3)37-30(23)43)13-47-53(4,46)51-24-17(2)31(48-21(24)12-41)39-11-10-20-26(33-14-34-27(20)39)38-29(42)19-8-6-5-7-9-19/h5-11,14-17,21-22,24-25,31-32,41H,12-13H2,1-4H3,(H2-,33,34,36,37,38,42,43,44,45)/p+1/t16?,17-,21+,22+,24?,25-,31+,32+,53?/m0/s1. The van der Waals surface area contributed by atoms with Crippen LogP contribution in [0.4, 0.5) is 5.82 Å². The molecular formula is C32H37N8O11P2+. The van der Waals surface area contributed by atoms with E-state index in [4.69, 9.17) is 23.0 Å². The fourth-order valence-electron chi connectivity index (χ4n) is 6.76. The highest BCUT2D eigenvalue weighted by Crippen LogP contribution is 2.52. The Labute approximate surface area is 302 Å². The van der Waals surface area contributed by atoms with E-state index in [0.717, 1.165) is 0 Å². The van der Waals surface area contributed by atoms with E-state index >= 15 is 0 Å². The smallest absolute Gasteiger partial charge is 0.394 e. The first-order valence-corrected chi connectivity index (χ1v) is 19.7. The summed E-state index contributed by atoms with van der Waals surface area (Å²) >= 11 is 0. The largest absolute Gasteiger partial charge is 0.695 e. The molecule has 4 N–H and O–H groups in total. The number of amides is 1. The minimum Gasteiger partial charge on any atom is -0.394 e. The zero-order chi connectivity index (χ0) is 37.6. The van der Waals surface area contributed by atoms with E-state index in [1.54, 1.807) is 54.9 Å². The lowest BCUT2D eigenvalue weighted by molar-refractivity contribution is -0.0498. The molecule has 2 fully saturated rings. The van der Waals surface area contributed by atoms with Gasteiger partial charge in [0.05, 0.1) is 31.0 Å². The Morgan fingerprint density at radius 3 is 2.53 bits per heavy atom. The Morgan fingerprint density at radius 1 is 1.04 bits per heavy atom. The number of carbonyl (C=O) groups is 1. The van der Waals surface area contributed by atoms with Crippen LogP contribution in [-0.2, 0) is 32.2 Å². The molecule has 280 valence electrons. The normalized spacial score (nSPS) is 27.3. The molecule has 4 unspecified atom stereocenters. The minimum atomic E-state index is -3.87. The Morgan fingerprint density at radius 2 is 1.79 bits per heavy atom. The topological polar surface area (TPSA) is 244 Å². The predicted octanol–water partition coefficient (Wildman–Crippen LogP) is 3.44. The summed E-state index contributed by atoms with van der Waals surface area (Å²) in [6, 6.07) is 10.5. The van der Waals surface area contributed by atoms with Crippen LogP contribution in [0, 0.1) is 18.8 Å². The summed E-state index contributed by atoms with van der Waals surface area (Å²) in [4.78, 5) is 54.7. The number of aliphatic hydroxyl groups is 1. The van der Waals surface area contributed by atoms with E-state index in [0.29, 0.717) is 28.2 Å². The predicted molar refractivity (Wildman–Crippen MR) is 187 cm³/mol. The first kappa shape index (κ1) is 37.0. The van der Waals surface area contributed by atoms with Gasteiger partial charge in [0.15, 0.2) is 23.5 Å². The summed E-state index contributed by atoms with van der Waals surface area (Å²) in [6.45, 7) is 5.71. The Balaban J connectivity index is 1.05. The van der Waals surface area contributed by atoms with Gasteiger partial charge in [-0.1, -0.05) is 32.0 Å². The van der Waals surface area contributed by atoms with Crippen LogP contribution in [-0.4, -0.2) is 94.3 Å². The van der Waals surface area contributed by atoms with Gasteiger partial charge in [0.25, 0.3) is 11.5 Å².